The van der Waals surface area contributed by atoms with Gasteiger partial charge in [-0.2, -0.15) is 0 Å². The number of benzene rings is 4. The van der Waals surface area contributed by atoms with Gasteiger partial charge in [-0.25, -0.2) is 4.57 Å². The number of rotatable bonds is 4. The summed E-state index contributed by atoms with van der Waals surface area (Å²) in [5.74, 6) is 0.672. The van der Waals surface area contributed by atoms with Crippen LogP contribution in [0.2, 0.25) is 0 Å². The average molecular weight is 440 g/mol. The van der Waals surface area contributed by atoms with Crippen molar-refractivity contribution in [3.05, 3.63) is 119 Å². The molecule has 0 spiro atoms. The Hall–Kier alpha value is -3.13. The second-order valence-electron chi connectivity index (χ2n) is 8.38. The summed E-state index contributed by atoms with van der Waals surface area (Å²) in [7, 11) is -3.96. The zero-order chi connectivity index (χ0) is 22.3. The van der Waals surface area contributed by atoms with Gasteiger partial charge in [-0.1, -0.05) is 98.8 Å². The molecule has 160 valence electrons. The second kappa shape index (κ2) is 8.09. The molecule has 4 aromatic carbocycles. The molecular formula is C28H25O3P. The Morgan fingerprint density at radius 2 is 1.25 bits per heavy atom. The van der Waals surface area contributed by atoms with Gasteiger partial charge in [-0.3, -0.25) is 0 Å². The minimum atomic E-state index is -3.96. The van der Waals surface area contributed by atoms with Crippen LogP contribution < -0.4 is 9.83 Å². The SMILES string of the molecule is CC(c1ccccc1)c1cc2c(c(C(C)c3ccccc3)c1)OP(=O)(O)c1ccccc1-2. The first kappa shape index (κ1) is 20.8. The van der Waals surface area contributed by atoms with Crippen LogP contribution in [-0.4, -0.2) is 4.89 Å². The Labute approximate surface area is 188 Å². The van der Waals surface area contributed by atoms with E-state index in [4.69, 9.17) is 4.52 Å². The Kier molecular flexibility index (Phi) is 5.25. The van der Waals surface area contributed by atoms with E-state index in [1.807, 2.05) is 36.4 Å². The van der Waals surface area contributed by atoms with Crippen molar-refractivity contribution in [3.63, 3.8) is 0 Å². The normalized spacial score (nSPS) is 18.7. The maximum Gasteiger partial charge on any atom is 0.408 e. The van der Waals surface area contributed by atoms with E-state index in [1.54, 1.807) is 12.1 Å². The molecule has 0 fully saturated rings. The van der Waals surface area contributed by atoms with Gasteiger partial charge >= 0.3 is 7.60 Å². The highest BCUT2D eigenvalue weighted by atomic mass is 31.2. The molecule has 0 aromatic heterocycles. The fraction of sp³-hybridized carbons (Fsp3) is 0.143. The van der Waals surface area contributed by atoms with E-state index in [1.165, 1.54) is 5.56 Å². The summed E-state index contributed by atoms with van der Waals surface area (Å²) in [5, 5.41) is 0.357. The minimum absolute atomic E-state index is 0.00173. The lowest BCUT2D eigenvalue weighted by Crippen LogP contribution is -2.19. The fourth-order valence-corrected chi connectivity index (χ4v) is 5.85. The van der Waals surface area contributed by atoms with Gasteiger partial charge in [0.25, 0.3) is 0 Å². The highest BCUT2D eigenvalue weighted by Crippen LogP contribution is 2.55. The van der Waals surface area contributed by atoms with Gasteiger partial charge in [0, 0.05) is 28.5 Å². The van der Waals surface area contributed by atoms with Crippen LogP contribution in [0.15, 0.2) is 97.1 Å². The summed E-state index contributed by atoms with van der Waals surface area (Å²) in [4.78, 5) is 10.7. The molecule has 3 nitrogen and oxygen atoms in total. The zero-order valence-corrected chi connectivity index (χ0v) is 19.0. The van der Waals surface area contributed by atoms with E-state index in [2.05, 4.69) is 62.4 Å². The van der Waals surface area contributed by atoms with Crippen LogP contribution in [0.4, 0.5) is 0 Å². The molecule has 0 aliphatic carbocycles. The third-order valence-electron chi connectivity index (χ3n) is 6.42. The third kappa shape index (κ3) is 3.58. The van der Waals surface area contributed by atoms with Crippen molar-refractivity contribution >= 4 is 12.9 Å². The Balaban J connectivity index is 1.76. The molecule has 32 heavy (non-hydrogen) atoms. The van der Waals surface area contributed by atoms with Gasteiger partial charge in [-0.15, -0.1) is 0 Å². The molecule has 3 atom stereocenters. The third-order valence-corrected chi connectivity index (χ3v) is 7.85. The number of hydrogen-bond acceptors (Lipinski definition) is 2. The van der Waals surface area contributed by atoms with Crippen molar-refractivity contribution in [2.24, 2.45) is 0 Å². The van der Waals surface area contributed by atoms with E-state index in [0.29, 0.717) is 11.1 Å². The topological polar surface area (TPSA) is 46.5 Å². The van der Waals surface area contributed by atoms with E-state index >= 15 is 0 Å². The van der Waals surface area contributed by atoms with E-state index in [0.717, 1.165) is 27.8 Å². The van der Waals surface area contributed by atoms with Gasteiger partial charge < -0.3 is 9.42 Å². The summed E-state index contributed by atoms with van der Waals surface area (Å²) in [6.45, 7) is 4.31. The first-order valence-electron chi connectivity index (χ1n) is 10.9. The molecule has 0 radical (unpaired) electrons. The molecule has 0 saturated carbocycles. The molecular weight excluding hydrogens is 415 g/mol. The molecule has 0 saturated heterocycles. The summed E-state index contributed by atoms with van der Waals surface area (Å²) >= 11 is 0. The molecule has 1 heterocycles. The summed E-state index contributed by atoms with van der Waals surface area (Å²) in [6.07, 6.45) is 0. The lowest BCUT2D eigenvalue weighted by atomic mass is 9.84. The van der Waals surface area contributed by atoms with Crippen molar-refractivity contribution in [2.45, 2.75) is 25.7 Å². The molecule has 5 rings (SSSR count). The average Bonchev–Trinajstić information content (AvgIpc) is 2.84. The molecule has 1 aliphatic heterocycles. The molecule has 0 bridgehead atoms. The molecule has 0 amide bonds. The largest absolute Gasteiger partial charge is 0.420 e. The zero-order valence-electron chi connectivity index (χ0n) is 18.1. The Bertz CT molecular complexity index is 1320. The summed E-state index contributed by atoms with van der Waals surface area (Å²) < 4.78 is 19.0. The lowest BCUT2D eigenvalue weighted by Gasteiger charge is -2.30. The van der Waals surface area contributed by atoms with Crippen LogP contribution >= 0.6 is 7.60 Å². The Morgan fingerprint density at radius 1 is 0.688 bits per heavy atom. The highest BCUT2D eigenvalue weighted by Gasteiger charge is 2.37. The molecule has 4 aromatic rings. The van der Waals surface area contributed by atoms with Gasteiger partial charge in [0.2, 0.25) is 0 Å². The van der Waals surface area contributed by atoms with Crippen LogP contribution in [0.25, 0.3) is 11.1 Å². The van der Waals surface area contributed by atoms with Crippen LogP contribution in [0.1, 0.15) is 47.9 Å². The van der Waals surface area contributed by atoms with Crippen LogP contribution in [0.5, 0.6) is 5.75 Å². The first-order valence-corrected chi connectivity index (χ1v) is 12.4. The van der Waals surface area contributed by atoms with Crippen LogP contribution in [0.3, 0.4) is 0 Å². The molecule has 3 unspecified atom stereocenters. The van der Waals surface area contributed by atoms with Gasteiger partial charge in [0.1, 0.15) is 5.75 Å². The van der Waals surface area contributed by atoms with Gasteiger partial charge in [-0.05, 0) is 28.8 Å². The summed E-state index contributed by atoms with van der Waals surface area (Å²) in [6, 6.07) is 32.1. The maximum atomic E-state index is 13.1. The van der Waals surface area contributed by atoms with Crippen LogP contribution in [0, 0.1) is 0 Å². The predicted octanol–water partition coefficient (Wildman–Crippen LogP) is 6.86. The van der Waals surface area contributed by atoms with E-state index < -0.39 is 7.60 Å². The number of hydrogen-bond donors (Lipinski definition) is 1. The standard InChI is InChI=1S/C28H25O3P/c1-19(21-11-5-3-6-12-21)23-17-25(20(2)22-13-7-4-8-14-22)28-26(18-23)24-15-9-10-16-27(24)32(29,30)31-28/h3-20H,1-2H3,(H,29,30). The van der Waals surface area contributed by atoms with E-state index in [9.17, 15) is 9.46 Å². The van der Waals surface area contributed by atoms with Crippen molar-refractivity contribution in [1.29, 1.82) is 0 Å². The Morgan fingerprint density at radius 3 is 1.91 bits per heavy atom. The molecule has 1 aliphatic rings. The predicted molar refractivity (Wildman–Crippen MR) is 130 cm³/mol. The molecule has 1 N–H and O–H groups in total. The smallest absolute Gasteiger partial charge is 0.408 e. The first-order chi connectivity index (χ1) is 15.5. The van der Waals surface area contributed by atoms with Crippen LogP contribution in [-0.2, 0) is 4.57 Å². The quantitative estimate of drug-likeness (QED) is 0.353. The van der Waals surface area contributed by atoms with Crippen molar-refractivity contribution < 1.29 is 14.0 Å². The number of fused-ring (bicyclic) bond motifs is 3. The van der Waals surface area contributed by atoms with Gasteiger partial charge in [0.05, 0.1) is 5.30 Å². The highest BCUT2D eigenvalue weighted by molar-refractivity contribution is 7.62. The molecule has 4 heteroatoms. The minimum Gasteiger partial charge on any atom is -0.420 e. The van der Waals surface area contributed by atoms with E-state index in [-0.39, 0.29) is 11.8 Å². The van der Waals surface area contributed by atoms with Crippen molar-refractivity contribution in [3.8, 4) is 16.9 Å². The van der Waals surface area contributed by atoms with Gasteiger partial charge in [0.15, 0.2) is 0 Å². The fourth-order valence-electron chi connectivity index (χ4n) is 4.52. The summed E-state index contributed by atoms with van der Waals surface area (Å²) in [5.41, 5.74) is 6.08. The lowest BCUT2D eigenvalue weighted by molar-refractivity contribution is 0.390. The van der Waals surface area contributed by atoms with Crippen molar-refractivity contribution in [1.82, 2.24) is 0 Å². The maximum absolute atomic E-state index is 13.1. The monoisotopic (exact) mass is 440 g/mol. The van der Waals surface area contributed by atoms with Crippen molar-refractivity contribution in [2.75, 3.05) is 0 Å². The second-order valence-corrected chi connectivity index (χ2v) is 10.1.